The first-order valence-electron chi connectivity index (χ1n) is 8.36. The lowest BCUT2D eigenvalue weighted by atomic mass is 10.1. The maximum atomic E-state index is 11.2. The minimum Gasteiger partial charge on any atom is -0.357 e. The average molecular weight is 457 g/mol. The summed E-state index contributed by atoms with van der Waals surface area (Å²) in [6.45, 7) is 4.08. The van der Waals surface area contributed by atoms with Crippen LogP contribution in [0.1, 0.15) is 25.6 Å². The second kappa shape index (κ2) is 9.54. The third-order valence-electron chi connectivity index (χ3n) is 3.94. The minimum atomic E-state index is 0. The molecule has 8 nitrogen and oxygen atoms in total. The highest BCUT2D eigenvalue weighted by atomic mass is 127. The number of amides is 1. The molecule has 0 radical (unpaired) electrons. The summed E-state index contributed by atoms with van der Waals surface area (Å²) >= 11 is 0. The van der Waals surface area contributed by atoms with Crippen molar-refractivity contribution in [1.29, 1.82) is 0 Å². The molecule has 0 aliphatic carbocycles. The van der Waals surface area contributed by atoms with Crippen LogP contribution in [0.3, 0.4) is 0 Å². The number of hydrogen-bond acceptors (Lipinski definition) is 4. The maximum Gasteiger partial charge on any atom is 0.220 e. The number of halogens is 1. The summed E-state index contributed by atoms with van der Waals surface area (Å²) < 4.78 is 1.98. The third-order valence-corrected chi connectivity index (χ3v) is 3.94. The number of nitrogens with zero attached hydrogens (tertiary/aromatic N) is 4. The average Bonchev–Trinajstić information content (AvgIpc) is 3.00. The van der Waals surface area contributed by atoms with Crippen LogP contribution in [0.4, 0.5) is 0 Å². The Labute approximate surface area is 163 Å². The second-order valence-electron chi connectivity index (χ2n) is 5.74. The van der Waals surface area contributed by atoms with Crippen LogP contribution < -0.4 is 16.0 Å². The van der Waals surface area contributed by atoms with Crippen molar-refractivity contribution in [3.63, 3.8) is 0 Å². The van der Waals surface area contributed by atoms with E-state index in [1.807, 2.05) is 35.7 Å². The van der Waals surface area contributed by atoms with Gasteiger partial charge in [-0.3, -0.25) is 14.2 Å². The Morgan fingerprint density at radius 3 is 3.08 bits per heavy atom. The van der Waals surface area contributed by atoms with Crippen molar-refractivity contribution >= 4 is 41.5 Å². The van der Waals surface area contributed by atoms with Crippen LogP contribution in [0, 0.1) is 0 Å². The molecule has 2 aromatic heterocycles. The first-order chi connectivity index (χ1) is 11.8. The Morgan fingerprint density at radius 2 is 2.32 bits per heavy atom. The van der Waals surface area contributed by atoms with E-state index in [9.17, 15) is 4.79 Å². The summed E-state index contributed by atoms with van der Waals surface area (Å²) in [6.07, 6.45) is 4.06. The number of rotatable bonds is 5. The van der Waals surface area contributed by atoms with Crippen molar-refractivity contribution in [1.82, 2.24) is 30.5 Å². The summed E-state index contributed by atoms with van der Waals surface area (Å²) in [4.78, 5) is 15.8. The molecule has 2 aromatic rings. The molecule has 3 N–H and O–H groups in total. The third kappa shape index (κ3) is 5.28. The van der Waals surface area contributed by atoms with E-state index < -0.39 is 0 Å². The summed E-state index contributed by atoms with van der Waals surface area (Å²) in [6, 6.07) is 6.06. The molecule has 9 heteroatoms. The van der Waals surface area contributed by atoms with Gasteiger partial charge in [0.25, 0.3) is 0 Å². The summed E-state index contributed by atoms with van der Waals surface area (Å²) in [7, 11) is 0. The molecule has 1 aliphatic heterocycles. The predicted octanol–water partition coefficient (Wildman–Crippen LogP) is 0.723. The van der Waals surface area contributed by atoms with Gasteiger partial charge in [0.05, 0.1) is 0 Å². The highest BCUT2D eigenvalue weighted by Crippen LogP contribution is 2.04. The molecule has 0 saturated carbocycles. The summed E-state index contributed by atoms with van der Waals surface area (Å²) in [5, 5.41) is 17.9. The van der Waals surface area contributed by atoms with Gasteiger partial charge in [0.15, 0.2) is 11.6 Å². The Bertz CT molecular complexity index is 720. The number of piperidine rings is 1. The molecule has 3 heterocycles. The fourth-order valence-corrected chi connectivity index (χ4v) is 2.70. The van der Waals surface area contributed by atoms with E-state index in [1.54, 1.807) is 0 Å². The zero-order chi connectivity index (χ0) is 16.8. The van der Waals surface area contributed by atoms with E-state index in [2.05, 4.69) is 31.1 Å². The van der Waals surface area contributed by atoms with Gasteiger partial charge in [-0.15, -0.1) is 34.2 Å². The van der Waals surface area contributed by atoms with Gasteiger partial charge in [-0.1, -0.05) is 6.07 Å². The van der Waals surface area contributed by atoms with E-state index in [0.717, 1.165) is 30.4 Å². The van der Waals surface area contributed by atoms with Gasteiger partial charge in [0.2, 0.25) is 5.91 Å². The Morgan fingerprint density at radius 1 is 1.44 bits per heavy atom. The van der Waals surface area contributed by atoms with Crippen LogP contribution in [0.25, 0.3) is 5.65 Å². The van der Waals surface area contributed by atoms with Gasteiger partial charge in [0, 0.05) is 44.7 Å². The zero-order valence-electron chi connectivity index (χ0n) is 14.2. The van der Waals surface area contributed by atoms with Crippen molar-refractivity contribution in [2.45, 2.75) is 32.2 Å². The number of aromatic nitrogens is 3. The Hall–Kier alpha value is -1.91. The van der Waals surface area contributed by atoms with Gasteiger partial charge in [-0.25, -0.2) is 0 Å². The van der Waals surface area contributed by atoms with Crippen molar-refractivity contribution in [3.05, 3.63) is 30.2 Å². The van der Waals surface area contributed by atoms with Crippen molar-refractivity contribution in [2.75, 3.05) is 19.6 Å². The molecule has 1 aliphatic rings. The minimum absolute atomic E-state index is 0. The normalized spacial score (nSPS) is 17.7. The number of carbonyl (C=O) groups excluding carboxylic acids is 1. The quantitative estimate of drug-likeness (QED) is 0.350. The number of hydrogen-bond donors (Lipinski definition) is 3. The van der Waals surface area contributed by atoms with E-state index >= 15 is 0 Å². The number of aliphatic imine (C=N–C) groups is 1. The lowest BCUT2D eigenvalue weighted by Gasteiger charge is -2.25. The number of guanidine groups is 1. The summed E-state index contributed by atoms with van der Waals surface area (Å²) in [5.74, 6) is 1.79. The number of nitrogens with one attached hydrogen (secondary N) is 3. The van der Waals surface area contributed by atoms with Gasteiger partial charge >= 0.3 is 0 Å². The molecule has 1 amide bonds. The van der Waals surface area contributed by atoms with Crippen molar-refractivity contribution in [2.24, 2.45) is 4.99 Å². The molecule has 1 saturated heterocycles. The fraction of sp³-hybridized carbons (Fsp3) is 0.500. The largest absolute Gasteiger partial charge is 0.357 e. The molecule has 1 atom stereocenters. The molecular formula is C16H24IN7O. The molecule has 0 spiro atoms. The van der Waals surface area contributed by atoms with Gasteiger partial charge in [0.1, 0.15) is 5.82 Å². The predicted molar refractivity (Wildman–Crippen MR) is 107 cm³/mol. The topological polar surface area (TPSA) is 95.7 Å². The zero-order valence-corrected chi connectivity index (χ0v) is 16.6. The Balaban J connectivity index is 0.00000225. The van der Waals surface area contributed by atoms with E-state index in [4.69, 9.17) is 0 Å². The highest BCUT2D eigenvalue weighted by Gasteiger charge is 2.18. The molecule has 136 valence electrons. The smallest absolute Gasteiger partial charge is 0.220 e. The molecule has 1 fully saturated rings. The summed E-state index contributed by atoms with van der Waals surface area (Å²) in [5.41, 5.74) is 0.847. The molecule has 3 rings (SSSR count). The van der Waals surface area contributed by atoms with Crippen LogP contribution in [0.15, 0.2) is 29.4 Å². The number of carbonyl (C=O) groups is 1. The fourth-order valence-electron chi connectivity index (χ4n) is 2.70. The van der Waals surface area contributed by atoms with Crippen molar-refractivity contribution in [3.8, 4) is 0 Å². The van der Waals surface area contributed by atoms with Crippen molar-refractivity contribution < 1.29 is 4.79 Å². The first kappa shape index (κ1) is 19.4. The highest BCUT2D eigenvalue weighted by molar-refractivity contribution is 14.0. The maximum absolute atomic E-state index is 11.2. The van der Waals surface area contributed by atoms with Crippen LogP contribution in [-0.4, -0.2) is 52.1 Å². The van der Waals surface area contributed by atoms with E-state index in [0.29, 0.717) is 25.9 Å². The van der Waals surface area contributed by atoms with E-state index in [1.165, 1.54) is 0 Å². The van der Waals surface area contributed by atoms with E-state index in [-0.39, 0.29) is 35.9 Å². The second-order valence-corrected chi connectivity index (χ2v) is 5.74. The molecule has 25 heavy (non-hydrogen) atoms. The molecule has 1 unspecified atom stereocenters. The molecule has 0 bridgehead atoms. The number of pyridine rings is 1. The van der Waals surface area contributed by atoms with Gasteiger partial charge in [-0.2, -0.15) is 0 Å². The van der Waals surface area contributed by atoms with Crippen LogP contribution in [0.5, 0.6) is 0 Å². The lowest BCUT2D eigenvalue weighted by Crippen LogP contribution is -2.51. The molecule has 0 aromatic carbocycles. The van der Waals surface area contributed by atoms with Gasteiger partial charge in [-0.05, 0) is 25.5 Å². The number of fused-ring (bicyclic) bond motifs is 1. The first-order valence-corrected chi connectivity index (χ1v) is 8.36. The van der Waals surface area contributed by atoms with Crippen LogP contribution in [0.2, 0.25) is 0 Å². The monoisotopic (exact) mass is 457 g/mol. The van der Waals surface area contributed by atoms with Crippen LogP contribution in [-0.2, 0) is 11.2 Å². The Kier molecular flexibility index (Phi) is 7.41. The molecular weight excluding hydrogens is 433 g/mol. The van der Waals surface area contributed by atoms with Gasteiger partial charge < -0.3 is 16.0 Å². The standard InChI is InChI=1S/C16H23N7O.HI/c1-2-17-16(20-12-6-7-15(24)19-11-12)18-9-8-14-22-21-13-5-3-4-10-23(13)14;/h3-5,10,12H,2,6-9,11H2,1H3,(H,19,24)(H2,17,18,20);1H. The van der Waals surface area contributed by atoms with Crippen LogP contribution >= 0.6 is 24.0 Å². The lowest BCUT2D eigenvalue weighted by molar-refractivity contribution is -0.122. The SMILES string of the molecule is CCNC(=NCCc1nnc2ccccn12)NC1CCC(=O)NC1.I.